The Morgan fingerprint density at radius 3 is 2.85 bits per heavy atom. The SMILES string of the molecule is CCCC1(C(=O)Nc2ccc(Cl)cc2Cl)CCCNC1. The summed E-state index contributed by atoms with van der Waals surface area (Å²) >= 11 is 12.0. The lowest BCUT2D eigenvalue weighted by Crippen LogP contribution is -2.48. The summed E-state index contributed by atoms with van der Waals surface area (Å²) in [4.78, 5) is 12.7. The van der Waals surface area contributed by atoms with E-state index >= 15 is 0 Å². The van der Waals surface area contributed by atoms with E-state index in [4.69, 9.17) is 23.2 Å². The summed E-state index contributed by atoms with van der Waals surface area (Å²) in [6.07, 6.45) is 3.83. The molecule has 2 rings (SSSR count). The minimum atomic E-state index is -0.323. The molecule has 0 saturated carbocycles. The number of carbonyl (C=O) groups is 1. The molecular weight excluding hydrogens is 295 g/mol. The summed E-state index contributed by atoms with van der Waals surface area (Å²) in [6, 6.07) is 5.12. The van der Waals surface area contributed by atoms with Crippen LogP contribution in [0.5, 0.6) is 0 Å². The van der Waals surface area contributed by atoms with Gasteiger partial charge in [-0.15, -0.1) is 0 Å². The summed E-state index contributed by atoms with van der Waals surface area (Å²) in [5, 5.41) is 7.34. The maximum Gasteiger partial charge on any atom is 0.231 e. The first-order chi connectivity index (χ1) is 9.57. The summed E-state index contributed by atoms with van der Waals surface area (Å²) in [6.45, 7) is 3.83. The highest BCUT2D eigenvalue weighted by molar-refractivity contribution is 6.36. The fourth-order valence-corrected chi connectivity index (χ4v) is 3.27. The van der Waals surface area contributed by atoms with Gasteiger partial charge in [0, 0.05) is 11.6 Å². The molecule has 1 fully saturated rings. The van der Waals surface area contributed by atoms with E-state index in [1.165, 1.54) is 0 Å². The van der Waals surface area contributed by atoms with Gasteiger partial charge in [-0.3, -0.25) is 4.79 Å². The molecule has 0 spiro atoms. The lowest BCUT2D eigenvalue weighted by molar-refractivity contribution is -0.127. The van der Waals surface area contributed by atoms with Crippen molar-refractivity contribution in [1.82, 2.24) is 5.32 Å². The molecule has 1 aliphatic heterocycles. The molecule has 0 radical (unpaired) electrons. The molecule has 1 atom stereocenters. The number of nitrogens with one attached hydrogen (secondary N) is 2. The van der Waals surface area contributed by atoms with Gasteiger partial charge in [0.15, 0.2) is 0 Å². The van der Waals surface area contributed by atoms with Gasteiger partial charge < -0.3 is 10.6 Å². The van der Waals surface area contributed by atoms with Crippen LogP contribution in [-0.4, -0.2) is 19.0 Å². The first-order valence-electron chi connectivity index (χ1n) is 7.04. The third-order valence-electron chi connectivity index (χ3n) is 3.86. The van der Waals surface area contributed by atoms with Crippen LogP contribution in [0.4, 0.5) is 5.69 Å². The van der Waals surface area contributed by atoms with Gasteiger partial charge in [0.25, 0.3) is 0 Å². The Morgan fingerprint density at radius 2 is 2.25 bits per heavy atom. The van der Waals surface area contributed by atoms with E-state index in [1.807, 2.05) is 0 Å². The van der Waals surface area contributed by atoms with Gasteiger partial charge in [-0.1, -0.05) is 36.5 Å². The van der Waals surface area contributed by atoms with E-state index in [0.29, 0.717) is 15.7 Å². The van der Waals surface area contributed by atoms with Crippen LogP contribution in [0.25, 0.3) is 0 Å². The number of hydrogen-bond donors (Lipinski definition) is 2. The maximum atomic E-state index is 12.7. The second kappa shape index (κ2) is 6.79. The highest BCUT2D eigenvalue weighted by Gasteiger charge is 2.38. The number of amides is 1. The molecule has 1 amide bonds. The smallest absolute Gasteiger partial charge is 0.231 e. The quantitative estimate of drug-likeness (QED) is 0.878. The fraction of sp³-hybridized carbons (Fsp3) is 0.533. The minimum absolute atomic E-state index is 0.0516. The molecule has 110 valence electrons. The minimum Gasteiger partial charge on any atom is -0.324 e. The summed E-state index contributed by atoms with van der Waals surface area (Å²) < 4.78 is 0. The van der Waals surface area contributed by atoms with E-state index in [2.05, 4.69) is 17.6 Å². The second-order valence-corrected chi connectivity index (χ2v) is 6.23. The van der Waals surface area contributed by atoms with Crippen LogP contribution in [0.3, 0.4) is 0 Å². The zero-order valence-corrected chi connectivity index (χ0v) is 13.2. The normalized spacial score (nSPS) is 22.6. The van der Waals surface area contributed by atoms with Gasteiger partial charge in [-0.25, -0.2) is 0 Å². The Morgan fingerprint density at radius 1 is 1.45 bits per heavy atom. The van der Waals surface area contributed by atoms with E-state index in [9.17, 15) is 4.79 Å². The van der Waals surface area contributed by atoms with Crippen molar-refractivity contribution >= 4 is 34.8 Å². The van der Waals surface area contributed by atoms with Crippen molar-refractivity contribution in [2.45, 2.75) is 32.6 Å². The van der Waals surface area contributed by atoms with E-state index in [0.717, 1.165) is 38.8 Å². The predicted molar refractivity (Wildman–Crippen MR) is 84.5 cm³/mol. The summed E-state index contributed by atoms with van der Waals surface area (Å²) in [7, 11) is 0. The number of hydrogen-bond acceptors (Lipinski definition) is 2. The molecule has 1 aromatic carbocycles. The first-order valence-corrected chi connectivity index (χ1v) is 7.80. The molecule has 1 saturated heterocycles. The van der Waals surface area contributed by atoms with Crippen molar-refractivity contribution in [3.8, 4) is 0 Å². The first kappa shape index (κ1) is 15.6. The third-order valence-corrected chi connectivity index (χ3v) is 4.41. The van der Waals surface area contributed by atoms with Crippen LogP contribution in [0.2, 0.25) is 10.0 Å². The molecule has 5 heteroatoms. The standard InChI is InChI=1S/C15H20Cl2N2O/c1-2-6-15(7-3-8-18-10-15)14(20)19-13-5-4-11(16)9-12(13)17/h4-5,9,18H,2-3,6-8,10H2,1H3,(H,19,20). The van der Waals surface area contributed by atoms with Gasteiger partial charge in [-0.2, -0.15) is 0 Å². The Hall–Kier alpha value is -0.770. The van der Waals surface area contributed by atoms with Crippen molar-refractivity contribution in [3.05, 3.63) is 28.2 Å². The Balaban J connectivity index is 2.15. The van der Waals surface area contributed by atoms with Crippen molar-refractivity contribution in [2.75, 3.05) is 18.4 Å². The number of benzene rings is 1. The van der Waals surface area contributed by atoms with Crippen molar-refractivity contribution < 1.29 is 4.79 Å². The highest BCUT2D eigenvalue weighted by Crippen LogP contribution is 2.34. The molecule has 0 aliphatic carbocycles. The molecule has 3 nitrogen and oxygen atoms in total. The Labute approximate surface area is 130 Å². The number of halogens is 2. The van der Waals surface area contributed by atoms with E-state index in [-0.39, 0.29) is 11.3 Å². The monoisotopic (exact) mass is 314 g/mol. The highest BCUT2D eigenvalue weighted by atomic mass is 35.5. The van der Waals surface area contributed by atoms with Crippen LogP contribution in [0.15, 0.2) is 18.2 Å². The molecule has 0 bridgehead atoms. The number of piperidine rings is 1. The average Bonchev–Trinajstić information content (AvgIpc) is 2.43. The van der Waals surface area contributed by atoms with Crippen LogP contribution < -0.4 is 10.6 Å². The van der Waals surface area contributed by atoms with Crippen molar-refractivity contribution in [1.29, 1.82) is 0 Å². The second-order valence-electron chi connectivity index (χ2n) is 5.39. The van der Waals surface area contributed by atoms with Crippen LogP contribution >= 0.6 is 23.2 Å². The maximum absolute atomic E-state index is 12.7. The molecule has 20 heavy (non-hydrogen) atoms. The largest absolute Gasteiger partial charge is 0.324 e. The molecule has 1 aliphatic rings. The van der Waals surface area contributed by atoms with Crippen molar-refractivity contribution in [2.24, 2.45) is 5.41 Å². The zero-order valence-electron chi connectivity index (χ0n) is 11.6. The number of anilines is 1. The van der Waals surface area contributed by atoms with Gasteiger partial charge in [0.1, 0.15) is 0 Å². The van der Waals surface area contributed by atoms with Crippen LogP contribution in [-0.2, 0) is 4.79 Å². The van der Waals surface area contributed by atoms with E-state index in [1.54, 1.807) is 18.2 Å². The van der Waals surface area contributed by atoms with Crippen molar-refractivity contribution in [3.63, 3.8) is 0 Å². The number of carbonyl (C=O) groups excluding carboxylic acids is 1. The molecule has 1 heterocycles. The summed E-state index contributed by atoms with van der Waals surface area (Å²) in [5.74, 6) is 0.0516. The van der Waals surface area contributed by atoms with Crippen LogP contribution in [0, 0.1) is 5.41 Å². The van der Waals surface area contributed by atoms with Gasteiger partial charge in [0.2, 0.25) is 5.91 Å². The third kappa shape index (κ3) is 3.46. The molecular formula is C15H20Cl2N2O. The Kier molecular flexibility index (Phi) is 5.30. The topological polar surface area (TPSA) is 41.1 Å². The lowest BCUT2D eigenvalue weighted by atomic mass is 9.76. The lowest BCUT2D eigenvalue weighted by Gasteiger charge is -2.36. The van der Waals surface area contributed by atoms with Gasteiger partial charge in [-0.05, 0) is 44.0 Å². The van der Waals surface area contributed by atoms with Gasteiger partial charge >= 0.3 is 0 Å². The summed E-state index contributed by atoms with van der Waals surface area (Å²) in [5.41, 5.74) is 0.304. The molecule has 2 N–H and O–H groups in total. The van der Waals surface area contributed by atoms with Gasteiger partial charge in [0.05, 0.1) is 16.1 Å². The average molecular weight is 315 g/mol. The predicted octanol–water partition coefficient (Wildman–Crippen LogP) is 4.10. The van der Waals surface area contributed by atoms with E-state index < -0.39 is 0 Å². The molecule has 1 unspecified atom stereocenters. The fourth-order valence-electron chi connectivity index (χ4n) is 2.81. The zero-order chi connectivity index (χ0) is 14.6. The van der Waals surface area contributed by atoms with Crippen LogP contribution in [0.1, 0.15) is 32.6 Å². The molecule has 0 aromatic heterocycles. The molecule has 1 aromatic rings. The number of rotatable bonds is 4. The Bertz CT molecular complexity index is 479.